The van der Waals surface area contributed by atoms with Gasteiger partial charge in [-0.3, -0.25) is 10.4 Å². The average Bonchev–Trinajstić information content (AvgIpc) is 3.47. The van der Waals surface area contributed by atoms with Crippen molar-refractivity contribution in [3.63, 3.8) is 0 Å². The molecule has 0 atom stereocenters. The van der Waals surface area contributed by atoms with Crippen LogP contribution in [0, 0.1) is 0 Å². The molecule has 3 aliphatic rings. The summed E-state index contributed by atoms with van der Waals surface area (Å²) in [5.41, 5.74) is 10.8. The Labute approximate surface area is 220 Å². The number of nitrogens with zero attached hydrogens (tertiary/aromatic N) is 2. The second-order valence-corrected chi connectivity index (χ2v) is 9.81. The van der Waals surface area contributed by atoms with Crippen molar-refractivity contribution in [1.82, 2.24) is 15.8 Å². The third kappa shape index (κ3) is 8.67. The summed E-state index contributed by atoms with van der Waals surface area (Å²) in [6.45, 7) is 22.8. The Hall–Kier alpha value is -2.85. The van der Waals surface area contributed by atoms with Crippen molar-refractivity contribution in [2.45, 2.75) is 85.1 Å². The fourth-order valence-corrected chi connectivity index (χ4v) is 4.61. The van der Waals surface area contributed by atoms with Crippen LogP contribution >= 0.6 is 0 Å². The molecule has 1 saturated carbocycles. The first kappa shape index (κ1) is 29.4. The molecule has 0 saturated heterocycles. The number of hydrogen-bond donors (Lipinski definition) is 2. The summed E-state index contributed by atoms with van der Waals surface area (Å²) in [5, 5.41) is 5.65. The molecule has 1 fully saturated rings. The number of hydrogen-bond acceptors (Lipinski definition) is 4. The van der Waals surface area contributed by atoms with Crippen molar-refractivity contribution in [2.75, 3.05) is 13.1 Å². The quantitative estimate of drug-likeness (QED) is 0.223. The second kappa shape index (κ2) is 15.3. The zero-order chi connectivity index (χ0) is 26.5. The monoisotopic (exact) mass is 488 g/mol. The van der Waals surface area contributed by atoms with E-state index in [1.807, 2.05) is 18.0 Å². The predicted octanol–water partition coefficient (Wildman–Crippen LogP) is 7.80. The largest absolute Gasteiger partial charge is 0.313 e. The molecule has 0 amide bonds. The normalized spacial score (nSPS) is 17.3. The number of unbranched alkanes of at least 4 members (excludes halogenated alkanes) is 1. The van der Waals surface area contributed by atoms with Crippen LogP contribution in [-0.2, 0) is 0 Å². The predicted molar refractivity (Wildman–Crippen MR) is 158 cm³/mol. The van der Waals surface area contributed by atoms with Crippen molar-refractivity contribution in [1.29, 1.82) is 0 Å². The van der Waals surface area contributed by atoms with Crippen molar-refractivity contribution in [3.05, 3.63) is 96.0 Å². The molecular formula is C32H48N4. The summed E-state index contributed by atoms with van der Waals surface area (Å²) in [4.78, 5) is 4.70. The third-order valence-electron chi connectivity index (χ3n) is 6.71. The van der Waals surface area contributed by atoms with E-state index in [1.54, 1.807) is 11.1 Å². The summed E-state index contributed by atoms with van der Waals surface area (Å²) in [7, 11) is 0. The van der Waals surface area contributed by atoms with Gasteiger partial charge in [-0.15, -0.1) is 13.2 Å². The molecule has 4 heteroatoms. The van der Waals surface area contributed by atoms with E-state index >= 15 is 0 Å². The lowest BCUT2D eigenvalue weighted by Crippen LogP contribution is -2.30. The van der Waals surface area contributed by atoms with Crippen LogP contribution in [0.15, 0.2) is 89.9 Å². The maximum absolute atomic E-state index is 4.70. The first-order chi connectivity index (χ1) is 17.4. The number of hydrazine groups is 1. The van der Waals surface area contributed by atoms with E-state index in [4.69, 9.17) is 4.99 Å². The zero-order valence-electron chi connectivity index (χ0n) is 23.4. The average molecular weight is 489 g/mol. The van der Waals surface area contributed by atoms with E-state index in [0.29, 0.717) is 5.92 Å². The minimum Gasteiger partial charge on any atom is -0.313 e. The third-order valence-corrected chi connectivity index (χ3v) is 6.71. The SMILES string of the molecule is C=C.C=C1C=C(/N=C(\C)c2ccc(C(C)C)cc2)N(CC)N1.CCCCNC1CC2=CCCC=C2C1. The van der Waals surface area contributed by atoms with Gasteiger partial charge < -0.3 is 5.32 Å². The van der Waals surface area contributed by atoms with Gasteiger partial charge in [0.1, 0.15) is 5.82 Å². The number of benzene rings is 1. The summed E-state index contributed by atoms with van der Waals surface area (Å²) in [6.07, 6.45) is 14.5. The van der Waals surface area contributed by atoms with Crippen LogP contribution in [0.5, 0.6) is 0 Å². The molecule has 0 aromatic heterocycles. The van der Waals surface area contributed by atoms with Crippen LogP contribution in [0.4, 0.5) is 0 Å². The number of allylic oxidation sites excluding steroid dienone is 3. The van der Waals surface area contributed by atoms with Crippen LogP contribution in [0.3, 0.4) is 0 Å². The minimum atomic E-state index is 0.557. The summed E-state index contributed by atoms with van der Waals surface area (Å²) >= 11 is 0. The van der Waals surface area contributed by atoms with Crippen LogP contribution in [-0.4, -0.2) is 29.9 Å². The highest BCUT2D eigenvalue weighted by Gasteiger charge is 2.24. The molecule has 4 nitrogen and oxygen atoms in total. The topological polar surface area (TPSA) is 39.7 Å². The minimum absolute atomic E-state index is 0.557. The number of nitrogens with one attached hydrogen (secondary N) is 2. The van der Waals surface area contributed by atoms with Gasteiger partial charge in [0.2, 0.25) is 0 Å². The van der Waals surface area contributed by atoms with E-state index < -0.39 is 0 Å². The molecule has 1 aliphatic heterocycles. The lowest BCUT2D eigenvalue weighted by atomic mass is 10.0. The van der Waals surface area contributed by atoms with E-state index in [-0.39, 0.29) is 0 Å². The summed E-state index contributed by atoms with van der Waals surface area (Å²) in [6, 6.07) is 9.37. The molecule has 0 bridgehead atoms. The van der Waals surface area contributed by atoms with Gasteiger partial charge in [-0.25, -0.2) is 4.99 Å². The van der Waals surface area contributed by atoms with Crippen LogP contribution < -0.4 is 10.7 Å². The van der Waals surface area contributed by atoms with Gasteiger partial charge in [-0.2, -0.15) is 0 Å². The molecular weight excluding hydrogens is 440 g/mol. The maximum atomic E-state index is 4.70. The highest BCUT2D eigenvalue weighted by molar-refractivity contribution is 5.99. The van der Waals surface area contributed by atoms with E-state index in [1.165, 1.54) is 50.6 Å². The van der Waals surface area contributed by atoms with Crippen LogP contribution in [0.1, 0.15) is 90.2 Å². The zero-order valence-corrected chi connectivity index (χ0v) is 23.4. The highest BCUT2D eigenvalue weighted by Crippen LogP contribution is 2.34. The first-order valence-electron chi connectivity index (χ1n) is 13.6. The van der Waals surface area contributed by atoms with Crippen LogP contribution in [0.25, 0.3) is 0 Å². The van der Waals surface area contributed by atoms with Gasteiger partial charge in [0, 0.05) is 24.4 Å². The van der Waals surface area contributed by atoms with Crippen molar-refractivity contribution in [2.24, 2.45) is 4.99 Å². The van der Waals surface area contributed by atoms with Gasteiger partial charge in [0.25, 0.3) is 0 Å². The molecule has 0 spiro atoms. The Kier molecular flexibility index (Phi) is 12.5. The first-order valence-corrected chi connectivity index (χ1v) is 13.6. The number of rotatable bonds is 8. The number of fused-ring (bicyclic) bond motifs is 1. The Morgan fingerprint density at radius 2 is 1.69 bits per heavy atom. The Balaban J connectivity index is 0.000000250. The molecule has 4 rings (SSSR count). The van der Waals surface area contributed by atoms with E-state index in [9.17, 15) is 0 Å². The van der Waals surface area contributed by atoms with E-state index in [2.05, 4.69) is 94.6 Å². The fraction of sp³-hybridized carbons (Fsp3) is 0.469. The Morgan fingerprint density at radius 3 is 2.22 bits per heavy atom. The Bertz CT molecular complexity index is 940. The highest BCUT2D eigenvalue weighted by atomic mass is 15.6. The van der Waals surface area contributed by atoms with Crippen molar-refractivity contribution >= 4 is 5.71 Å². The van der Waals surface area contributed by atoms with Gasteiger partial charge in [0.15, 0.2) is 0 Å². The lowest BCUT2D eigenvalue weighted by Gasteiger charge is -2.18. The fourth-order valence-electron chi connectivity index (χ4n) is 4.61. The Morgan fingerprint density at radius 1 is 1.08 bits per heavy atom. The number of aliphatic imine (C=N–C) groups is 1. The molecule has 0 radical (unpaired) electrons. The van der Waals surface area contributed by atoms with E-state index in [0.717, 1.165) is 35.4 Å². The molecule has 1 aromatic carbocycles. The smallest absolute Gasteiger partial charge is 0.149 e. The molecule has 36 heavy (non-hydrogen) atoms. The van der Waals surface area contributed by atoms with Crippen molar-refractivity contribution < 1.29 is 0 Å². The maximum Gasteiger partial charge on any atom is 0.149 e. The van der Waals surface area contributed by atoms with Gasteiger partial charge >= 0.3 is 0 Å². The van der Waals surface area contributed by atoms with Gasteiger partial charge in [-0.05, 0) is 80.7 Å². The second-order valence-electron chi connectivity index (χ2n) is 9.81. The molecule has 2 N–H and O–H groups in total. The standard InChI is InChI=1S/C17H23N3.C13H21N.C2H4/c1-6-20-17(11-13(4)19-20)18-14(5)16-9-7-15(8-10-16)12(2)3;1-2-3-8-14-13-9-11-6-4-5-7-12(11)10-13;1-2/h7-12,19H,4,6H2,1-3,5H3;6-7,13-14H,2-5,8-10H2,1H3;1-2H2/b18-14+;;. The summed E-state index contributed by atoms with van der Waals surface area (Å²) < 4.78 is 0. The summed E-state index contributed by atoms with van der Waals surface area (Å²) in [5.74, 6) is 1.48. The molecule has 0 unspecified atom stereocenters. The molecule has 1 heterocycles. The molecule has 1 aromatic rings. The van der Waals surface area contributed by atoms with Crippen LogP contribution in [0.2, 0.25) is 0 Å². The lowest BCUT2D eigenvalue weighted by molar-refractivity contribution is 0.312. The molecule has 2 aliphatic carbocycles. The van der Waals surface area contributed by atoms with Crippen molar-refractivity contribution in [3.8, 4) is 0 Å². The van der Waals surface area contributed by atoms with Gasteiger partial charge in [-0.1, -0.05) is 70.2 Å². The molecule has 196 valence electrons. The van der Waals surface area contributed by atoms with Gasteiger partial charge in [0.05, 0.1) is 5.70 Å².